The highest BCUT2D eigenvalue weighted by Gasteiger charge is 2.51. The first-order chi connectivity index (χ1) is 10.7. The maximum absolute atomic E-state index is 13.1. The van der Waals surface area contributed by atoms with Gasteiger partial charge in [0.2, 0.25) is 0 Å². The summed E-state index contributed by atoms with van der Waals surface area (Å²) >= 11 is 6.17. The fraction of sp³-hybridized carbons (Fsp3) is 0.500. The molecule has 1 aromatic heterocycles. The summed E-state index contributed by atoms with van der Waals surface area (Å²) in [6.45, 7) is 3.24. The second kappa shape index (κ2) is 4.46. The van der Waals surface area contributed by atoms with Crippen molar-refractivity contribution >= 4 is 28.4 Å². The van der Waals surface area contributed by atoms with E-state index in [1.165, 1.54) is 13.0 Å². The second-order valence-corrected chi connectivity index (χ2v) is 7.12. The van der Waals surface area contributed by atoms with E-state index in [0.717, 1.165) is 24.9 Å². The van der Waals surface area contributed by atoms with Gasteiger partial charge < -0.3 is 4.90 Å². The Morgan fingerprint density at radius 2 is 2.27 bits per heavy atom. The van der Waals surface area contributed by atoms with Crippen LogP contribution >= 0.6 is 11.6 Å². The molecule has 1 amide bonds. The zero-order valence-electron chi connectivity index (χ0n) is 12.1. The average molecular weight is 317 g/mol. The van der Waals surface area contributed by atoms with Crippen LogP contribution in [0.4, 0.5) is 0 Å². The summed E-state index contributed by atoms with van der Waals surface area (Å²) in [5.74, 6) is 0.759. The van der Waals surface area contributed by atoms with Crippen LogP contribution in [0, 0.1) is 5.92 Å². The molecule has 3 bridgehead atoms. The van der Waals surface area contributed by atoms with E-state index in [0.29, 0.717) is 34.2 Å². The number of halogens is 1. The number of para-hydroxylation sites is 1. The Labute approximate surface area is 133 Å². The first-order valence-corrected chi connectivity index (χ1v) is 8.28. The van der Waals surface area contributed by atoms with Crippen molar-refractivity contribution in [1.82, 2.24) is 20.0 Å². The van der Waals surface area contributed by atoms with Crippen LogP contribution in [0.2, 0.25) is 5.02 Å². The van der Waals surface area contributed by atoms with Gasteiger partial charge in [-0.2, -0.15) is 5.10 Å². The molecule has 1 aromatic carbocycles. The molecular weight excluding hydrogens is 300 g/mol. The number of nitrogens with zero attached hydrogens (tertiary/aromatic N) is 3. The van der Waals surface area contributed by atoms with E-state index in [2.05, 4.69) is 20.0 Å². The van der Waals surface area contributed by atoms with Crippen LogP contribution in [0.3, 0.4) is 0 Å². The number of carbonyl (C=O) groups excluding carboxylic acids is 1. The van der Waals surface area contributed by atoms with E-state index in [4.69, 9.17) is 11.6 Å². The van der Waals surface area contributed by atoms with Crippen LogP contribution in [0.5, 0.6) is 0 Å². The first kappa shape index (κ1) is 12.9. The lowest BCUT2D eigenvalue weighted by Crippen LogP contribution is -2.58. The van der Waals surface area contributed by atoms with Gasteiger partial charge in [-0.3, -0.25) is 14.8 Å². The lowest BCUT2D eigenvalue weighted by Gasteiger charge is -2.44. The molecule has 1 unspecified atom stereocenters. The SMILES string of the molecule is O=C(c1[nH]nc2c(Cl)cccc12)N1[C@@H]2C[C@@H]3CCN(C2)C[C@@H]31. The number of H-pyrrole nitrogens is 1. The van der Waals surface area contributed by atoms with Crippen molar-refractivity contribution in [1.29, 1.82) is 0 Å². The van der Waals surface area contributed by atoms with Gasteiger partial charge in [0.1, 0.15) is 11.2 Å². The number of nitrogens with one attached hydrogen (secondary N) is 1. The molecule has 0 saturated carbocycles. The number of aromatic amines is 1. The zero-order chi connectivity index (χ0) is 14.8. The van der Waals surface area contributed by atoms with E-state index in [9.17, 15) is 4.79 Å². The predicted molar refractivity (Wildman–Crippen MR) is 84.0 cm³/mol. The van der Waals surface area contributed by atoms with Gasteiger partial charge in [-0.15, -0.1) is 0 Å². The van der Waals surface area contributed by atoms with Crippen LogP contribution in [0.25, 0.3) is 10.9 Å². The normalized spacial score (nSPS) is 32.9. The van der Waals surface area contributed by atoms with Crippen molar-refractivity contribution in [2.75, 3.05) is 19.6 Å². The van der Waals surface area contributed by atoms with Gasteiger partial charge >= 0.3 is 0 Å². The number of rotatable bonds is 1. The van der Waals surface area contributed by atoms with E-state index in [-0.39, 0.29) is 5.91 Å². The molecule has 3 aliphatic rings. The highest BCUT2D eigenvalue weighted by Crippen LogP contribution is 2.41. The van der Waals surface area contributed by atoms with Gasteiger partial charge in [0.25, 0.3) is 5.91 Å². The monoisotopic (exact) mass is 316 g/mol. The van der Waals surface area contributed by atoms with Crippen LogP contribution < -0.4 is 0 Å². The Balaban J connectivity index is 1.56. The molecule has 2 aromatic rings. The topological polar surface area (TPSA) is 52.2 Å². The smallest absolute Gasteiger partial charge is 0.273 e. The van der Waals surface area contributed by atoms with Gasteiger partial charge in [0.05, 0.1) is 5.02 Å². The summed E-state index contributed by atoms with van der Waals surface area (Å²) in [6.07, 6.45) is 2.38. The van der Waals surface area contributed by atoms with Crippen LogP contribution in [-0.4, -0.2) is 57.6 Å². The largest absolute Gasteiger partial charge is 0.328 e. The maximum atomic E-state index is 13.1. The number of hydrogen-bond acceptors (Lipinski definition) is 3. The molecule has 5 nitrogen and oxygen atoms in total. The highest BCUT2D eigenvalue weighted by atomic mass is 35.5. The molecule has 3 fully saturated rings. The number of carbonyl (C=O) groups is 1. The second-order valence-electron chi connectivity index (χ2n) is 6.71. The average Bonchev–Trinajstić information content (AvgIpc) is 2.98. The molecule has 1 N–H and O–H groups in total. The minimum atomic E-state index is 0.0869. The number of hydrogen-bond donors (Lipinski definition) is 1. The van der Waals surface area contributed by atoms with Crippen LogP contribution in [0.15, 0.2) is 18.2 Å². The Hall–Kier alpha value is -1.59. The Morgan fingerprint density at radius 1 is 1.36 bits per heavy atom. The molecule has 6 heteroatoms. The minimum Gasteiger partial charge on any atom is -0.328 e. The highest BCUT2D eigenvalue weighted by molar-refractivity contribution is 6.35. The number of aromatic nitrogens is 2. The molecule has 0 spiro atoms. The molecule has 0 radical (unpaired) electrons. The summed E-state index contributed by atoms with van der Waals surface area (Å²) in [5.41, 5.74) is 1.27. The van der Waals surface area contributed by atoms with Gasteiger partial charge in [0.15, 0.2) is 0 Å². The van der Waals surface area contributed by atoms with Crippen molar-refractivity contribution in [3.63, 3.8) is 0 Å². The number of piperazine rings is 1. The number of amides is 1. The first-order valence-electron chi connectivity index (χ1n) is 7.90. The van der Waals surface area contributed by atoms with E-state index < -0.39 is 0 Å². The lowest BCUT2D eigenvalue weighted by molar-refractivity contribution is 0.0258. The van der Waals surface area contributed by atoms with Gasteiger partial charge in [-0.1, -0.05) is 23.7 Å². The van der Waals surface area contributed by atoms with Crippen molar-refractivity contribution in [2.45, 2.75) is 24.9 Å². The van der Waals surface area contributed by atoms with Crippen LogP contribution in [-0.2, 0) is 0 Å². The number of fused-ring (bicyclic) bond motifs is 3. The van der Waals surface area contributed by atoms with Crippen molar-refractivity contribution in [3.05, 3.63) is 28.9 Å². The molecule has 3 aliphatic heterocycles. The third-order valence-corrected chi connectivity index (χ3v) is 5.89. The zero-order valence-corrected chi connectivity index (χ0v) is 12.9. The van der Waals surface area contributed by atoms with Crippen molar-refractivity contribution < 1.29 is 4.79 Å². The van der Waals surface area contributed by atoms with Crippen molar-refractivity contribution in [2.24, 2.45) is 5.92 Å². The summed E-state index contributed by atoms with van der Waals surface area (Å²) in [5, 5.41) is 8.57. The van der Waals surface area contributed by atoms with E-state index >= 15 is 0 Å². The Bertz CT molecular complexity index is 769. The van der Waals surface area contributed by atoms with Crippen LogP contribution in [0.1, 0.15) is 23.3 Å². The van der Waals surface area contributed by atoms with Gasteiger partial charge in [-0.05, 0) is 31.4 Å². The lowest BCUT2D eigenvalue weighted by atomic mass is 9.93. The van der Waals surface area contributed by atoms with Gasteiger partial charge in [-0.25, -0.2) is 0 Å². The fourth-order valence-electron chi connectivity index (χ4n) is 4.61. The summed E-state index contributed by atoms with van der Waals surface area (Å²) < 4.78 is 0. The maximum Gasteiger partial charge on any atom is 0.273 e. The Kier molecular flexibility index (Phi) is 2.62. The summed E-state index contributed by atoms with van der Waals surface area (Å²) in [4.78, 5) is 17.7. The molecule has 4 atom stereocenters. The summed E-state index contributed by atoms with van der Waals surface area (Å²) in [7, 11) is 0. The van der Waals surface area contributed by atoms with E-state index in [1.54, 1.807) is 6.07 Å². The standard InChI is InChI=1S/C16H17ClN4O/c17-12-3-1-2-11-14(12)18-19-15(11)16(22)21-10-6-9-4-5-20(7-10)8-13(9)21/h1-3,9-10,13H,4-8H2,(H,18,19)/t9-,10+,13-/m0/s1. The number of benzene rings is 1. The summed E-state index contributed by atoms with van der Waals surface area (Å²) in [6, 6.07) is 6.32. The number of piperidine rings is 1. The molecule has 4 heterocycles. The quantitative estimate of drug-likeness (QED) is 0.877. The van der Waals surface area contributed by atoms with Gasteiger partial charge in [0, 0.05) is 30.6 Å². The predicted octanol–water partition coefficient (Wildman–Crippen LogP) is 2.13. The molecule has 114 valence electrons. The Morgan fingerprint density at radius 3 is 3.18 bits per heavy atom. The van der Waals surface area contributed by atoms with Crippen molar-refractivity contribution in [3.8, 4) is 0 Å². The molecule has 0 aliphatic carbocycles. The fourth-order valence-corrected chi connectivity index (χ4v) is 4.82. The van der Waals surface area contributed by atoms with E-state index in [1.807, 2.05) is 12.1 Å². The molecule has 5 rings (SSSR count). The minimum absolute atomic E-state index is 0.0869. The third kappa shape index (κ3) is 1.64. The molecule has 22 heavy (non-hydrogen) atoms. The third-order valence-electron chi connectivity index (χ3n) is 5.58. The molecule has 3 saturated heterocycles. The molecular formula is C16H17ClN4O.